The molecule has 0 saturated carbocycles. The lowest BCUT2D eigenvalue weighted by Crippen LogP contribution is -2.52. The first-order valence-corrected chi connectivity index (χ1v) is 9.70. The van der Waals surface area contributed by atoms with Crippen LogP contribution in [0, 0.1) is 11.6 Å². The summed E-state index contributed by atoms with van der Waals surface area (Å²) in [5, 5.41) is 10.8. The number of halogens is 5. The third kappa shape index (κ3) is 4.34. The van der Waals surface area contributed by atoms with Gasteiger partial charge in [0.05, 0.1) is 19.2 Å². The summed E-state index contributed by atoms with van der Waals surface area (Å²) >= 11 is 0. The van der Waals surface area contributed by atoms with E-state index in [-0.39, 0.29) is 22.2 Å². The van der Waals surface area contributed by atoms with E-state index in [1.54, 1.807) is 0 Å². The quantitative estimate of drug-likeness (QED) is 0.536. The summed E-state index contributed by atoms with van der Waals surface area (Å²) in [6, 6.07) is 8.08. The lowest BCUT2D eigenvalue weighted by atomic mass is 9.74. The molecule has 0 fully saturated rings. The molecule has 0 amide bonds. The van der Waals surface area contributed by atoms with Crippen LogP contribution in [0.4, 0.5) is 22.0 Å². The predicted octanol–water partition coefficient (Wildman–Crippen LogP) is 4.95. The van der Waals surface area contributed by atoms with Crippen molar-refractivity contribution in [1.82, 2.24) is 4.57 Å². The second-order valence-electron chi connectivity index (χ2n) is 8.38. The molecule has 0 aliphatic heterocycles. The number of fused-ring (bicyclic) bond motifs is 1. The number of alkyl halides is 3. The molecule has 3 aromatic rings. The molecule has 0 radical (unpaired) electrons. The molecular weight excluding hydrogens is 433 g/mol. The first-order chi connectivity index (χ1) is 14.8. The van der Waals surface area contributed by atoms with Crippen LogP contribution in [0.2, 0.25) is 0 Å². The fourth-order valence-corrected chi connectivity index (χ4v) is 4.02. The monoisotopic (exact) mass is 455 g/mol. The number of pyridine rings is 1. The van der Waals surface area contributed by atoms with Crippen molar-refractivity contribution in [2.45, 2.75) is 44.0 Å². The van der Waals surface area contributed by atoms with Gasteiger partial charge in [0.2, 0.25) is 0 Å². The lowest BCUT2D eigenvalue weighted by Gasteiger charge is -2.39. The second kappa shape index (κ2) is 8.20. The standard InChI is InChI=1S/C23H22F5NO3/c1-21(2,16-11-14(24)7-8-19(16)32-3)12-22(31,23(26,27)28)13-29-10-9-18(30)15-5-4-6-17(25)20(15)29/h4-11,31H,12-13H2,1-3H3. The Morgan fingerprint density at radius 2 is 1.75 bits per heavy atom. The van der Waals surface area contributed by atoms with Crippen molar-refractivity contribution >= 4 is 10.9 Å². The molecule has 0 spiro atoms. The van der Waals surface area contributed by atoms with Gasteiger partial charge >= 0.3 is 6.18 Å². The summed E-state index contributed by atoms with van der Waals surface area (Å²) in [5.41, 5.74) is -5.50. The van der Waals surface area contributed by atoms with Crippen molar-refractivity contribution in [2.24, 2.45) is 0 Å². The van der Waals surface area contributed by atoms with E-state index >= 15 is 0 Å². The van der Waals surface area contributed by atoms with Crippen molar-refractivity contribution < 1.29 is 31.8 Å². The molecule has 1 heterocycles. The van der Waals surface area contributed by atoms with Gasteiger partial charge in [-0.05, 0) is 42.2 Å². The Bertz CT molecular complexity index is 1200. The average Bonchev–Trinajstić information content (AvgIpc) is 2.69. The van der Waals surface area contributed by atoms with Crippen LogP contribution in [0.3, 0.4) is 0 Å². The summed E-state index contributed by atoms with van der Waals surface area (Å²) in [5.74, 6) is -1.39. The zero-order chi connectivity index (χ0) is 23.9. The van der Waals surface area contributed by atoms with E-state index in [0.717, 1.165) is 35.0 Å². The van der Waals surface area contributed by atoms with Gasteiger partial charge in [-0.1, -0.05) is 19.9 Å². The minimum Gasteiger partial charge on any atom is -0.496 e. The number of hydrogen-bond donors (Lipinski definition) is 1. The summed E-state index contributed by atoms with van der Waals surface area (Å²) in [6.45, 7) is 1.77. The number of methoxy groups -OCH3 is 1. The van der Waals surface area contributed by atoms with E-state index < -0.39 is 47.2 Å². The summed E-state index contributed by atoms with van der Waals surface area (Å²) in [4.78, 5) is 12.0. The fourth-order valence-electron chi connectivity index (χ4n) is 4.02. The molecule has 4 nitrogen and oxygen atoms in total. The SMILES string of the molecule is COc1ccc(F)cc1C(C)(C)CC(O)(Cn1ccc(=O)c2cccc(F)c21)C(F)(F)F. The summed E-state index contributed by atoms with van der Waals surface area (Å²) < 4.78 is 76.8. The Hall–Kier alpha value is -2.94. The van der Waals surface area contributed by atoms with Gasteiger partial charge in [-0.25, -0.2) is 8.78 Å². The molecule has 0 saturated heterocycles. The molecule has 32 heavy (non-hydrogen) atoms. The minimum absolute atomic E-state index is 0.108. The molecule has 2 aromatic carbocycles. The summed E-state index contributed by atoms with van der Waals surface area (Å²) in [6.07, 6.45) is -4.99. The number of ether oxygens (including phenoxy) is 1. The first-order valence-electron chi connectivity index (χ1n) is 9.70. The molecule has 1 aromatic heterocycles. The van der Waals surface area contributed by atoms with Gasteiger partial charge in [-0.2, -0.15) is 13.2 Å². The maximum Gasteiger partial charge on any atom is 0.418 e. The van der Waals surface area contributed by atoms with E-state index in [0.29, 0.717) is 0 Å². The van der Waals surface area contributed by atoms with Crippen molar-refractivity contribution in [3.05, 3.63) is 76.1 Å². The van der Waals surface area contributed by atoms with E-state index in [2.05, 4.69) is 0 Å². The number of aliphatic hydroxyl groups is 1. The minimum atomic E-state index is -5.12. The molecule has 1 unspecified atom stereocenters. The van der Waals surface area contributed by atoms with Crippen LogP contribution < -0.4 is 10.2 Å². The maximum atomic E-state index is 14.5. The maximum absolute atomic E-state index is 14.5. The van der Waals surface area contributed by atoms with Crippen LogP contribution in [-0.2, 0) is 12.0 Å². The highest BCUT2D eigenvalue weighted by atomic mass is 19.4. The molecule has 172 valence electrons. The van der Waals surface area contributed by atoms with Crippen molar-refractivity contribution in [2.75, 3.05) is 7.11 Å². The highest BCUT2D eigenvalue weighted by molar-refractivity contribution is 5.79. The second-order valence-corrected chi connectivity index (χ2v) is 8.38. The van der Waals surface area contributed by atoms with Gasteiger partial charge < -0.3 is 14.4 Å². The normalized spacial score (nSPS) is 14.4. The van der Waals surface area contributed by atoms with Crippen molar-refractivity contribution in [3.63, 3.8) is 0 Å². The highest BCUT2D eigenvalue weighted by Crippen LogP contribution is 2.44. The first kappa shape index (κ1) is 23.7. The molecular formula is C23H22F5NO3. The molecule has 3 rings (SSSR count). The van der Waals surface area contributed by atoms with E-state index in [9.17, 15) is 31.9 Å². The van der Waals surface area contributed by atoms with Gasteiger partial charge in [0.1, 0.15) is 17.4 Å². The Balaban J connectivity index is 2.12. The zero-order valence-corrected chi connectivity index (χ0v) is 17.6. The predicted molar refractivity (Wildman–Crippen MR) is 110 cm³/mol. The number of para-hydroxylation sites is 1. The number of aromatic nitrogens is 1. The lowest BCUT2D eigenvalue weighted by molar-refractivity contribution is -0.271. The smallest absolute Gasteiger partial charge is 0.418 e. The van der Waals surface area contributed by atoms with E-state index in [1.165, 1.54) is 39.2 Å². The van der Waals surface area contributed by atoms with E-state index in [4.69, 9.17) is 4.74 Å². The third-order valence-electron chi connectivity index (χ3n) is 5.53. The Kier molecular flexibility index (Phi) is 6.08. The van der Waals surface area contributed by atoms with Crippen LogP contribution in [0.5, 0.6) is 5.75 Å². The summed E-state index contributed by atoms with van der Waals surface area (Å²) in [7, 11) is 1.30. The van der Waals surface area contributed by atoms with E-state index in [1.807, 2.05) is 0 Å². The molecule has 0 aliphatic rings. The van der Waals surface area contributed by atoms with Crippen LogP contribution in [-0.4, -0.2) is 28.6 Å². The molecule has 9 heteroatoms. The van der Waals surface area contributed by atoms with Crippen LogP contribution in [0.15, 0.2) is 53.5 Å². The van der Waals surface area contributed by atoms with Crippen LogP contribution in [0.25, 0.3) is 10.9 Å². The van der Waals surface area contributed by atoms with Crippen molar-refractivity contribution in [1.29, 1.82) is 0 Å². The topological polar surface area (TPSA) is 51.5 Å². The molecule has 1 N–H and O–H groups in total. The Labute approximate surface area is 180 Å². The zero-order valence-electron chi connectivity index (χ0n) is 17.6. The van der Waals surface area contributed by atoms with Gasteiger partial charge in [0.15, 0.2) is 11.0 Å². The largest absolute Gasteiger partial charge is 0.496 e. The average molecular weight is 455 g/mol. The van der Waals surface area contributed by atoms with Crippen LogP contribution in [0.1, 0.15) is 25.8 Å². The van der Waals surface area contributed by atoms with Gasteiger partial charge in [0.25, 0.3) is 0 Å². The Morgan fingerprint density at radius 1 is 1.06 bits per heavy atom. The van der Waals surface area contributed by atoms with Crippen LogP contribution >= 0.6 is 0 Å². The number of rotatable bonds is 6. The third-order valence-corrected chi connectivity index (χ3v) is 5.53. The van der Waals surface area contributed by atoms with Gasteiger partial charge in [-0.15, -0.1) is 0 Å². The highest BCUT2D eigenvalue weighted by Gasteiger charge is 2.56. The van der Waals surface area contributed by atoms with Gasteiger partial charge in [0, 0.05) is 23.2 Å². The molecule has 0 bridgehead atoms. The Morgan fingerprint density at radius 3 is 2.38 bits per heavy atom. The number of hydrogen-bond acceptors (Lipinski definition) is 3. The van der Waals surface area contributed by atoms with Crippen molar-refractivity contribution in [3.8, 4) is 5.75 Å². The fraction of sp³-hybridized carbons (Fsp3) is 0.348. The number of nitrogens with zero attached hydrogens (tertiary/aromatic N) is 1. The molecule has 0 aliphatic carbocycles. The van der Waals surface area contributed by atoms with Gasteiger partial charge in [-0.3, -0.25) is 4.79 Å². The number of benzene rings is 2. The molecule has 1 atom stereocenters.